The lowest BCUT2D eigenvalue weighted by molar-refractivity contribution is -0.105. The lowest BCUT2D eigenvalue weighted by atomic mass is 10.2. The zero-order chi connectivity index (χ0) is 16.8. The third-order valence-electron chi connectivity index (χ3n) is 2.49. The summed E-state index contributed by atoms with van der Waals surface area (Å²) in [6.45, 7) is 7.39. The van der Waals surface area contributed by atoms with Crippen molar-refractivity contribution in [1.29, 1.82) is 0 Å². The summed E-state index contributed by atoms with van der Waals surface area (Å²) in [5, 5.41) is 0. The molecule has 0 bridgehead atoms. The molecule has 0 fully saturated rings. The Morgan fingerprint density at radius 2 is 1.00 bits per heavy atom. The second kappa shape index (κ2) is 12.1. The van der Waals surface area contributed by atoms with Crippen LogP contribution in [0.5, 0.6) is 0 Å². The molecule has 0 atom stereocenters. The van der Waals surface area contributed by atoms with Gasteiger partial charge in [0.05, 0.1) is 0 Å². The molecular weight excluding hydrogens is 272 g/mol. The molecule has 0 aliphatic carbocycles. The van der Waals surface area contributed by atoms with Crippen LogP contribution < -0.4 is 0 Å². The van der Waals surface area contributed by atoms with Crippen molar-refractivity contribution in [2.75, 3.05) is 0 Å². The van der Waals surface area contributed by atoms with Gasteiger partial charge in [0.1, 0.15) is 12.6 Å². The first-order chi connectivity index (χ1) is 10.5. The van der Waals surface area contributed by atoms with Gasteiger partial charge in [-0.15, -0.1) is 0 Å². The molecule has 0 N–H and O–H groups in total. The van der Waals surface area contributed by atoms with Crippen molar-refractivity contribution in [2.24, 2.45) is 0 Å². The van der Waals surface area contributed by atoms with Gasteiger partial charge in [0.2, 0.25) is 0 Å². The number of rotatable bonds is 6. The average molecular weight is 294 g/mol. The van der Waals surface area contributed by atoms with Crippen LogP contribution in [0.2, 0.25) is 0 Å². The molecule has 0 aliphatic heterocycles. The second-order valence-electron chi connectivity index (χ2n) is 4.84. The fraction of sp³-hybridized carbons (Fsp3) is 0.200. The fourth-order valence-electron chi connectivity index (χ4n) is 1.19. The summed E-state index contributed by atoms with van der Waals surface area (Å²) >= 11 is 0. The highest BCUT2D eigenvalue weighted by molar-refractivity contribution is 5.73. The normalized spacial score (nSPS) is 14.2. The van der Waals surface area contributed by atoms with E-state index in [1.165, 1.54) is 0 Å². The third kappa shape index (κ3) is 11.2. The van der Waals surface area contributed by atoms with Crippen LogP contribution in [0.25, 0.3) is 0 Å². The van der Waals surface area contributed by atoms with Crippen LogP contribution in [0, 0.1) is 11.8 Å². The highest BCUT2D eigenvalue weighted by atomic mass is 16.1. The van der Waals surface area contributed by atoms with Gasteiger partial charge in [-0.1, -0.05) is 48.3 Å². The summed E-state index contributed by atoms with van der Waals surface area (Å²) in [5.74, 6) is 5.89. The molecule has 0 aromatic carbocycles. The van der Waals surface area contributed by atoms with Crippen molar-refractivity contribution >= 4 is 12.6 Å². The Morgan fingerprint density at radius 1 is 0.636 bits per heavy atom. The summed E-state index contributed by atoms with van der Waals surface area (Å²) in [6, 6.07) is 0. The number of hydrogen-bond acceptors (Lipinski definition) is 2. The first-order valence-electron chi connectivity index (χ1n) is 6.94. The molecule has 0 aliphatic rings. The van der Waals surface area contributed by atoms with Gasteiger partial charge in [-0.05, 0) is 62.1 Å². The zero-order valence-electron chi connectivity index (χ0n) is 13.6. The van der Waals surface area contributed by atoms with Crippen LogP contribution in [0.15, 0.2) is 70.9 Å². The Bertz CT molecular complexity index is 570. The predicted octanol–water partition coefficient (Wildman–Crippen LogP) is 4.29. The monoisotopic (exact) mass is 294 g/mol. The van der Waals surface area contributed by atoms with Crippen molar-refractivity contribution in [2.45, 2.75) is 27.7 Å². The van der Waals surface area contributed by atoms with Crippen molar-refractivity contribution in [3.8, 4) is 11.8 Å². The van der Waals surface area contributed by atoms with Crippen LogP contribution in [0.3, 0.4) is 0 Å². The molecule has 2 nitrogen and oxygen atoms in total. The number of carbonyl (C=O) groups excluding carboxylic acids is 2. The maximum absolute atomic E-state index is 10.4. The van der Waals surface area contributed by atoms with Crippen molar-refractivity contribution in [1.82, 2.24) is 0 Å². The van der Waals surface area contributed by atoms with Gasteiger partial charge >= 0.3 is 0 Å². The Kier molecular flexibility index (Phi) is 10.6. The second-order valence-corrected chi connectivity index (χ2v) is 4.84. The van der Waals surface area contributed by atoms with Crippen LogP contribution in [0.1, 0.15) is 27.7 Å². The van der Waals surface area contributed by atoms with Crippen molar-refractivity contribution in [3.05, 3.63) is 70.9 Å². The lowest BCUT2D eigenvalue weighted by Gasteiger charge is -1.87. The van der Waals surface area contributed by atoms with E-state index in [-0.39, 0.29) is 0 Å². The molecule has 0 amide bonds. The predicted molar refractivity (Wildman–Crippen MR) is 93.2 cm³/mol. The molecule has 0 saturated heterocycles. The minimum atomic E-state index is 0.680. The zero-order valence-corrected chi connectivity index (χ0v) is 13.6. The molecular formula is C20H22O2. The van der Waals surface area contributed by atoms with Crippen molar-refractivity contribution in [3.63, 3.8) is 0 Å². The minimum Gasteiger partial charge on any atom is -0.298 e. The van der Waals surface area contributed by atoms with Gasteiger partial charge in [0.15, 0.2) is 0 Å². The number of allylic oxidation sites excluding steroid dienone is 12. The standard InChI is InChI=1S/C20H22O2/c1-17(11-7-13-19(3)15-21)9-5-6-10-18(2)12-8-14-20(4)16-22/h7-16H,1-4H3/b11-7+,12-8+,17-9+,18-10+,19-13+,20-14+. The third-order valence-corrected chi connectivity index (χ3v) is 2.49. The first kappa shape index (κ1) is 19.3. The number of aldehydes is 2. The lowest BCUT2D eigenvalue weighted by Crippen LogP contribution is -1.73. The smallest absolute Gasteiger partial charge is 0.145 e. The molecule has 0 radical (unpaired) electrons. The topological polar surface area (TPSA) is 34.1 Å². The molecule has 0 heterocycles. The minimum absolute atomic E-state index is 0.680. The Balaban J connectivity index is 4.62. The van der Waals surface area contributed by atoms with Gasteiger partial charge in [0, 0.05) is 0 Å². The van der Waals surface area contributed by atoms with E-state index in [9.17, 15) is 9.59 Å². The van der Waals surface area contributed by atoms with Crippen LogP contribution in [-0.2, 0) is 9.59 Å². The summed E-state index contributed by atoms with van der Waals surface area (Å²) in [6.07, 6.45) is 16.2. The largest absolute Gasteiger partial charge is 0.298 e. The SMILES string of the molecule is C\C(C=O)=C/C=C/C(C)=C/C#C/C=C(C)/C=C/C=C(\C)C=O. The van der Waals surface area contributed by atoms with Gasteiger partial charge in [-0.3, -0.25) is 9.59 Å². The highest BCUT2D eigenvalue weighted by Crippen LogP contribution is 1.97. The van der Waals surface area contributed by atoms with E-state index in [4.69, 9.17) is 0 Å². The quantitative estimate of drug-likeness (QED) is 0.317. The Morgan fingerprint density at radius 3 is 1.32 bits per heavy atom. The number of carbonyl (C=O) groups is 2. The highest BCUT2D eigenvalue weighted by Gasteiger charge is 1.81. The molecule has 0 aromatic heterocycles. The molecule has 2 heteroatoms. The maximum Gasteiger partial charge on any atom is 0.145 e. The summed E-state index contributed by atoms with van der Waals surface area (Å²) < 4.78 is 0. The maximum atomic E-state index is 10.4. The summed E-state index contributed by atoms with van der Waals surface area (Å²) in [4.78, 5) is 20.8. The van der Waals surface area contributed by atoms with Gasteiger partial charge < -0.3 is 0 Å². The molecule has 0 aromatic rings. The first-order valence-corrected chi connectivity index (χ1v) is 6.94. The molecule has 0 spiro atoms. The van der Waals surface area contributed by atoms with Gasteiger partial charge in [-0.25, -0.2) is 0 Å². The molecule has 0 saturated carbocycles. The van der Waals surface area contributed by atoms with E-state index in [1.54, 1.807) is 26.0 Å². The van der Waals surface area contributed by atoms with Crippen molar-refractivity contribution < 1.29 is 9.59 Å². The van der Waals surface area contributed by atoms with E-state index in [2.05, 4.69) is 11.8 Å². The van der Waals surface area contributed by atoms with Crippen LogP contribution >= 0.6 is 0 Å². The van der Waals surface area contributed by atoms with E-state index in [0.29, 0.717) is 11.1 Å². The summed E-state index contributed by atoms with van der Waals surface area (Å²) in [7, 11) is 0. The van der Waals surface area contributed by atoms with E-state index < -0.39 is 0 Å². The van der Waals surface area contributed by atoms with E-state index >= 15 is 0 Å². The van der Waals surface area contributed by atoms with Crippen LogP contribution in [0.4, 0.5) is 0 Å². The summed E-state index contributed by atoms with van der Waals surface area (Å²) in [5.41, 5.74) is 3.38. The molecule has 0 unspecified atom stereocenters. The Hall–Kier alpha value is -2.66. The Labute approximate surface area is 133 Å². The van der Waals surface area contributed by atoms with Crippen LogP contribution in [-0.4, -0.2) is 12.6 Å². The van der Waals surface area contributed by atoms with E-state index in [1.807, 2.05) is 50.3 Å². The molecule has 0 rings (SSSR count). The fourth-order valence-corrected chi connectivity index (χ4v) is 1.19. The van der Waals surface area contributed by atoms with Gasteiger partial charge in [0.25, 0.3) is 0 Å². The van der Waals surface area contributed by atoms with E-state index in [0.717, 1.165) is 23.7 Å². The average Bonchev–Trinajstić information content (AvgIpc) is 2.51. The van der Waals surface area contributed by atoms with Gasteiger partial charge in [-0.2, -0.15) is 0 Å². The molecule has 114 valence electrons. The number of hydrogen-bond donors (Lipinski definition) is 0. The molecule has 22 heavy (non-hydrogen) atoms.